The van der Waals surface area contributed by atoms with Crippen molar-refractivity contribution in [2.45, 2.75) is 46.1 Å². The lowest BCUT2D eigenvalue weighted by Crippen LogP contribution is -2.39. The maximum Gasteiger partial charge on any atom is 0.0627 e. The highest BCUT2D eigenvalue weighted by molar-refractivity contribution is 5.00. The zero-order chi connectivity index (χ0) is 12.2. The van der Waals surface area contributed by atoms with Crippen LogP contribution < -0.4 is 5.32 Å². The third kappa shape index (κ3) is 4.79. The Morgan fingerprint density at radius 1 is 1.44 bits per heavy atom. The van der Waals surface area contributed by atoms with Gasteiger partial charge in [-0.1, -0.05) is 13.3 Å². The summed E-state index contributed by atoms with van der Waals surface area (Å²) in [6.45, 7) is 9.94. The monoisotopic (exact) mass is 223 g/mol. The van der Waals surface area contributed by atoms with Crippen LogP contribution >= 0.6 is 0 Å². The zero-order valence-corrected chi connectivity index (χ0v) is 11.2. The largest absolute Gasteiger partial charge is 0.312 e. The molecule has 0 aliphatic carbocycles. The van der Waals surface area contributed by atoms with Crippen LogP contribution in [0.3, 0.4) is 0 Å². The van der Waals surface area contributed by atoms with E-state index in [9.17, 15) is 0 Å². The van der Waals surface area contributed by atoms with Crippen molar-refractivity contribution < 1.29 is 0 Å². The Hall–Kier alpha value is -0.830. The molecule has 0 saturated carbocycles. The molecule has 3 heteroatoms. The quantitative estimate of drug-likeness (QED) is 0.830. The minimum atomic E-state index is 0.206. The van der Waals surface area contributed by atoms with Gasteiger partial charge in [-0.05, 0) is 45.7 Å². The van der Waals surface area contributed by atoms with Gasteiger partial charge in [-0.25, -0.2) is 0 Å². The molecule has 1 heterocycles. The lowest BCUT2D eigenvalue weighted by atomic mass is 9.98. The molecular formula is C13H25N3. The summed E-state index contributed by atoms with van der Waals surface area (Å²) >= 11 is 0. The van der Waals surface area contributed by atoms with Crippen molar-refractivity contribution in [2.75, 3.05) is 6.54 Å². The minimum Gasteiger partial charge on any atom is -0.312 e. The van der Waals surface area contributed by atoms with Gasteiger partial charge in [-0.3, -0.25) is 4.68 Å². The van der Waals surface area contributed by atoms with Crippen molar-refractivity contribution in [3.63, 3.8) is 0 Å². The Bertz CT molecular complexity index is 309. The standard InChI is InChI=1S/C13H25N3/c1-6-11(10-14-13(2,3)4)9-12-7-8-16(5)15-12/h7-8,11,14H,6,9-10H2,1-5H3. The maximum atomic E-state index is 4.43. The Kier molecular flexibility index (Phi) is 4.54. The van der Waals surface area contributed by atoms with Crippen molar-refractivity contribution in [3.8, 4) is 0 Å². The van der Waals surface area contributed by atoms with E-state index in [-0.39, 0.29) is 5.54 Å². The summed E-state index contributed by atoms with van der Waals surface area (Å²) in [7, 11) is 1.97. The predicted molar refractivity (Wildman–Crippen MR) is 68.4 cm³/mol. The maximum absolute atomic E-state index is 4.43. The molecule has 1 aromatic rings. The van der Waals surface area contributed by atoms with E-state index in [0.29, 0.717) is 5.92 Å². The second kappa shape index (κ2) is 5.48. The van der Waals surface area contributed by atoms with Crippen molar-refractivity contribution in [1.29, 1.82) is 0 Å². The van der Waals surface area contributed by atoms with Crippen LogP contribution in [0.15, 0.2) is 12.3 Å². The highest BCUT2D eigenvalue weighted by Crippen LogP contribution is 2.11. The van der Waals surface area contributed by atoms with E-state index in [0.717, 1.165) is 13.0 Å². The van der Waals surface area contributed by atoms with Gasteiger partial charge in [0, 0.05) is 18.8 Å². The van der Waals surface area contributed by atoms with E-state index in [1.165, 1.54) is 12.1 Å². The molecule has 0 saturated heterocycles. The summed E-state index contributed by atoms with van der Waals surface area (Å²) in [5, 5.41) is 8.00. The number of aromatic nitrogens is 2. The number of aryl methyl sites for hydroxylation is 1. The molecule has 1 N–H and O–H groups in total. The van der Waals surface area contributed by atoms with Crippen molar-refractivity contribution >= 4 is 0 Å². The summed E-state index contributed by atoms with van der Waals surface area (Å²) in [5.74, 6) is 0.675. The molecule has 3 nitrogen and oxygen atoms in total. The smallest absolute Gasteiger partial charge is 0.0627 e. The SMILES string of the molecule is CCC(CNC(C)(C)C)Cc1ccn(C)n1. The first-order valence-corrected chi connectivity index (χ1v) is 6.14. The number of nitrogens with one attached hydrogen (secondary N) is 1. The summed E-state index contributed by atoms with van der Waals surface area (Å²) in [4.78, 5) is 0. The normalized spacial score (nSPS) is 14.1. The van der Waals surface area contributed by atoms with Gasteiger partial charge in [-0.15, -0.1) is 0 Å². The topological polar surface area (TPSA) is 29.9 Å². The van der Waals surface area contributed by atoms with Gasteiger partial charge in [0.25, 0.3) is 0 Å². The molecule has 0 fully saturated rings. The van der Waals surface area contributed by atoms with E-state index in [2.05, 4.69) is 44.2 Å². The summed E-state index contributed by atoms with van der Waals surface area (Å²) < 4.78 is 1.87. The number of hydrogen-bond donors (Lipinski definition) is 1. The number of nitrogens with zero attached hydrogens (tertiary/aromatic N) is 2. The van der Waals surface area contributed by atoms with Crippen molar-refractivity contribution in [2.24, 2.45) is 13.0 Å². The van der Waals surface area contributed by atoms with Crippen molar-refractivity contribution in [1.82, 2.24) is 15.1 Å². The van der Waals surface area contributed by atoms with Gasteiger partial charge >= 0.3 is 0 Å². The summed E-state index contributed by atoms with van der Waals surface area (Å²) in [6, 6.07) is 2.11. The molecule has 92 valence electrons. The molecule has 0 aliphatic rings. The fourth-order valence-corrected chi connectivity index (χ4v) is 1.68. The highest BCUT2D eigenvalue weighted by atomic mass is 15.2. The van der Waals surface area contributed by atoms with E-state index in [1.807, 2.05) is 17.9 Å². The van der Waals surface area contributed by atoms with Gasteiger partial charge in [0.1, 0.15) is 0 Å². The Morgan fingerprint density at radius 2 is 2.12 bits per heavy atom. The molecular weight excluding hydrogens is 198 g/mol. The lowest BCUT2D eigenvalue weighted by Gasteiger charge is -2.24. The molecule has 1 unspecified atom stereocenters. The first kappa shape index (κ1) is 13.2. The van der Waals surface area contributed by atoms with E-state index < -0.39 is 0 Å². The second-order valence-corrected chi connectivity index (χ2v) is 5.59. The summed E-state index contributed by atoms with van der Waals surface area (Å²) in [5.41, 5.74) is 1.41. The van der Waals surface area contributed by atoms with Crippen molar-refractivity contribution in [3.05, 3.63) is 18.0 Å². The fourth-order valence-electron chi connectivity index (χ4n) is 1.68. The first-order chi connectivity index (χ1) is 7.40. The molecule has 0 aromatic carbocycles. The Labute approximate surface area is 99.2 Å². The molecule has 1 aromatic heterocycles. The van der Waals surface area contributed by atoms with Crippen LogP contribution in [-0.2, 0) is 13.5 Å². The van der Waals surface area contributed by atoms with Gasteiger partial charge in [0.15, 0.2) is 0 Å². The Balaban J connectivity index is 2.43. The van der Waals surface area contributed by atoms with E-state index in [4.69, 9.17) is 0 Å². The van der Waals surface area contributed by atoms with Crippen LogP contribution in [0.2, 0.25) is 0 Å². The van der Waals surface area contributed by atoms with Crippen LogP contribution in [0, 0.1) is 5.92 Å². The third-order valence-electron chi connectivity index (χ3n) is 2.77. The highest BCUT2D eigenvalue weighted by Gasteiger charge is 2.14. The Morgan fingerprint density at radius 3 is 2.56 bits per heavy atom. The first-order valence-electron chi connectivity index (χ1n) is 6.14. The average Bonchev–Trinajstić information content (AvgIpc) is 2.57. The molecule has 1 rings (SSSR count). The van der Waals surface area contributed by atoms with Gasteiger partial charge in [-0.2, -0.15) is 5.10 Å². The number of rotatable bonds is 5. The second-order valence-electron chi connectivity index (χ2n) is 5.59. The number of hydrogen-bond acceptors (Lipinski definition) is 2. The molecule has 0 radical (unpaired) electrons. The molecule has 0 aliphatic heterocycles. The zero-order valence-electron chi connectivity index (χ0n) is 11.2. The van der Waals surface area contributed by atoms with Gasteiger partial charge in [0.2, 0.25) is 0 Å². The minimum absolute atomic E-state index is 0.206. The summed E-state index contributed by atoms with van der Waals surface area (Å²) in [6.07, 6.45) is 4.28. The molecule has 0 spiro atoms. The van der Waals surface area contributed by atoms with Crippen LogP contribution in [-0.4, -0.2) is 21.9 Å². The molecule has 16 heavy (non-hydrogen) atoms. The van der Waals surface area contributed by atoms with Crippen LogP contribution in [0.4, 0.5) is 0 Å². The molecule has 0 bridgehead atoms. The third-order valence-corrected chi connectivity index (χ3v) is 2.77. The van der Waals surface area contributed by atoms with Gasteiger partial charge < -0.3 is 5.32 Å². The lowest BCUT2D eigenvalue weighted by molar-refractivity contribution is 0.361. The molecule has 1 atom stereocenters. The van der Waals surface area contributed by atoms with Crippen LogP contribution in [0.1, 0.15) is 39.8 Å². The average molecular weight is 223 g/mol. The fraction of sp³-hybridized carbons (Fsp3) is 0.769. The van der Waals surface area contributed by atoms with Crippen LogP contribution in [0.5, 0.6) is 0 Å². The van der Waals surface area contributed by atoms with Crippen LogP contribution in [0.25, 0.3) is 0 Å². The van der Waals surface area contributed by atoms with E-state index in [1.54, 1.807) is 0 Å². The van der Waals surface area contributed by atoms with Gasteiger partial charge in [0.05, 0.1) is 5.69 Å². The molecule has 0 amide bonds. The predicted octanol–water partition coefficient (Wildman–Crippen LogP) is 2.38. The van der Waals surface area contributed by atoms with E-state index >= 15 is 0 Å².